The van der Waals surface area contributed by atoms with Crippen molar-refractivity contribution in [2.24, 2.45) is 0 Å². The first-order valence-electron chi connectivity index (χ1n) is 6.72. The van der Waals surface area contributed by atoms with E-state index in [9.17, 15) is 9.50 Å². The van der Waals surface area contributed by atoms with Gasteiger partial charge in [0.05, 0.1) is 18.3 Å². The Labute approximate surface area is 119 Å². The molecule has 2 N–H and O–H groups in total. The molecule has 0 aromatic heterocycles. The summed E-state index contributed by atoms with van der Waals surface area (Å²) in [5.74, 6) is -0.312. The lowest BCUT2D eigenvalue weighted by molar-refractivity contribution is 0.275. The van der Waals surface area contributed by atoms with Crippen LogP contribution < -0.4 is 5.32 Å². The standard InChI is InChI=1S/C17H20FNO/c1-11-8-12(2)17(13(3)9-11)16(10-20)19-15-7-5-4-6-14(15)18/h4-9,16,19-20H,10H2,1-3H3. The van der Waals surface area contributed by atoms with E-state index in [-0.39, 0.29) is 18.5 Å². The van der Waals surface area contributed by atoms with Gasteiger partial charge in [0.15, 0.2) is 0 Å². The highest BCUT2D eigenvalue weighted by Crippen LogP contribution is 2.27. The number of aryl methyl sites for hydroxylation is 3. The third-order valence-corrected chi connectivity index (χ3v) is 3.47. The smallest absolute Gasteiger partial charge is 0.146 e. The van der Waals surface area contributed by atoms with Crippen LogP contribution in [0.4, 0.5) is 10.1 Å². The molecule has 0 saturated carbocycles. The Hall–Kier alpha value is -1.87. The molecule has 0 saturated heterocycles. The van der Waals surface area contributed by atoms with Gasteiger partial charge < -0.3 is 10.4 Å². The minimum atomic E-state index is -0.313. The second-order valence-corrected chi connectivity index (χ2v) is 5.17. The molecule has 20 heavy (non-hydrogen) atoms. The molecule has 1 unspecified atom stereocenters. The summed E-state index contributed by atoms with van der Waals surface area (Å²) >= 11 is 0. The first-order chi connectivity index (χ1) is 9.52. The molecule has 2 rings (SSSR count). The van der Waals surface area contributed by atoms with Crippen LogP contribution >= 0.6 is 0 Å². The van der Waals surface area contributed by atoms with Gasteiger partial charge in [-0.05, 0) is 49.6 Å². The van der Waals surface area contributed by atoms with Gasteiger partial charge in [0.2, 0.25) is 0 Å². The quantitative estimate of drug-likeness (QED) is 0.885. The summed E-state index contributed by atoms with van der Waals surface area (Å²) in [5, 5.41) is 12.8. The van der Waals surface area contributed by atoms with Crippen molar-refractivity contribution in [2.75, 3.05) is 11.9 Å². The summed E-state index contributed by atoms with van der Waals surface area (Å²) < 4.78 is 13.7. The van der Waals surface area contributed by atoms with Gasteiger partial charge in [-0.25, -0.2) is 4.39 Å². The van der Waals surface area contributed by atoms with Crippen LogP contribution in [0.5, 0.6) is 0 Å². The third-order valence-electron chi connectivity index (χ3n) is 3.47. The first-order valence-corrected chi connectivity index (χ1v) is 6.72. The Kier molecular flexibility index (Phi) is 4.40. The van der Waals surface area contributed by atoms with Crippen molar-refractivity contribution in [1.82, 2.24) is 0 Å². The maximum atomic E-state index is 13.7. The van der Waals surface area contributed by atoms with Crippen LogP contribution in [0.3, 0.4) is 0 Å². The molecular weight excluding hydrogens is 253 g/mol. The fourth-order valence-corrected chi connectivity index (χ4v) is 2.72. The highest BCUT2D eigenvalue weighted by molar-refractivity contribution is 5.49. The molecule has 0 spiro atoms. The Morgan fingerprint density at radius 1 is 1.10 bits per heavy atom. The van der Waals surface area contributed by atoms with Crippen LogP contribution in [0.1, 0.15) is 28.3 Å². The van der Waals surface area contributed by atoms with E-state index >= 15 is 0 Å². The maximum Gasteiger partial charge on any atom is 0.146 e. The van der Waals surface area contributed by atoms with Crippen LogP contribution in [0.25, 0.3) is 0 Å². The molecule has 2 aromatic rings. The number of para-hydroxylation sites is 1. The van der Waals surface area contributed by atoms with Crippen molar-refractivity contribution >= 4 is 5.69 Å². The fourth-order valence-electron chi connectivity index (χ4n) is 2.72. The van der Waals surface area contributed by atoms with Gasteiger partial charge in [-0.3, -0.25) is 0 Å². The van der Waals surface area contributed by atoms with Gasteiger partial charge in [0.25, 0.3) is 0 Å². The zero-order valence-corrected chi connectivity index (χ0v) is 12.1. The van der Waals surface area contributed by atoms with E-state index in [1.807, 2.05) is 20.8 Å². The maximum absolute atomic E-state index is 13.7. The Morgan fingerprint density at radius 3 is 2.25 bits per heavy atom. The first kappa shape index (κ1) is 14.5. The second-order valence-electron chi connectivity index (χ2n) is 5.17. The highest BCUT2D eigenvalue weighted by atomic mass is 19.1. The van der Waals surface area contributed by atoms with Crippen molar-refractivity contribution in [3.63, 3.8) is 0 Å². The molecule has 0 bridgehead atoms. The van der Waals surface area contributed by atoms with Crippen molar-refractivity contribution in [3.8, 4) is 0 Å². The summed E-state index contributed by atoms with van der Waals surface area (Å²) in [6.07, 6.45) is 0. The van der Waals surface area contributed by atoms with E-state index in [0.717, 1.165) is 16.7 Å². The highest BCUT2D eigenvalue weighted by Gasteiger charge is 2.17. The molecule has 2 aromatic carbocycles. The summed E-state index contributed by atoms with van der Waals surface area (Å²) in [6, 6.07) is 10.4. The topological polar surface area (TPSA) is 32.3 Å². The third kappa shape index (κ3) is 2.99. The van der Waals surface area contributed by atoms with Gasteiger partial charge in [-0.2, -0.15) is 0 Å². The minimum Gasteiger partial charge on any atom is -0.394 e. The van der Waals surface area contributed by atoms with Gasteiger partial charge in [-0.1, -0.05) is 29.8 Å². The normalized spacial score (nSPS) is 12.2. The second kappa shape index (κ2) is 6.06. The van der Waals surface area contributed by atoms with Gasteiger partial charge in [-0.15, -0.1) is 0 Å². The van der Waals surface area contributed by atoms with Crippen LogP contribution in [0.2, 0.25) is 0 Å². The molecule has 1 atom stereocenters. The average Bonchev–Trinajstić information content (AvgIpc) is 2.38. The largest absolute Gasteiger partial charge is 0.394 e. The molecule has 0 aliphatic carbocycles. The SMILES string of the molecule is Cc1cc(C)c(C(CO)Nc2ccccc2F)c(C)c1. The number of halogens is 1. The molecule has 2 nitrogen and oxygen atoms in total. The Morgan fingerprint density at radius 2 is 1.70 bits per heavy atom. The summed E-state index contributed by atoms with van der Waals surface area (Å²) in [4.78, 5) is 0. The number of benzene rings is 2. The lowest BCUT2D eigenvalue weighted by atomic mass is 9.94. The lowest BCUT2D eigenvalue weighted by Gasteiger charge is -2.23. The number of anilines is 1. The fraction of sp³-hybridized carbons (Fsp3) is 0.294. The number of hydrogen-bond donors (Lipinski definition) is 2. The van der Waals surface area contributed by atoms with Crippen LogP contribution in [0, 0.1) is 26.6 Å². The van der Waals surface area contributed by atoms with Crippen LogP contribution in [0.15, 0.2) is 36.4 Å². The lowest BCUT2D eigenvalue weighted by Crippen LogP contribution is -2.18. The summed E-state index contributed by atoms with van der Waals surface area (Å²) in [7, 11) is 0. The van der Waals surface area contributed by atoms with Crippen molar-refractivity contribution in [3.05, 3.63) is 64.5 Å². The molecule has 3 heteroatoms. The number of hydrogen-bond acceptors (Lipinski definition) is 2. The molecule has 106 valence electrons. The van der Waals surface area contributed by atoms with Gasteiger partial charge in [0.1, 0.15) is 5.82 Å². The van der Waals surface area contributed by atoms with Crippen LogP contribution in [-0.4, -0.2) is 11.7 Å². The van der Waals surface area contributed by atoms with Crippen molar-refractivity contribution in [2.45, 2.75) is 26.8 Å². The van der Waals surface area contributed by atoms with E-state index in [2.05, 4.69) is 17.4 Å². The molecule has 0 aliphatic heterocycles. The molecule has 0 fully saturated rings. The molecular formula is C17H20FNO. The minimum absolute atomic E-state index is 0.0843. The molecule has 0 amide bonds. The average molecular weight is 273 g/mol. The number of aliphatic hydroxyl groups excluding tert-OH is 1. The van der Waals surface area contributed by atoms with E-state index in [1.54, 1.807) is 18.2 Å². The number of aliphatic hydroxyl groups is 1. The van der Waals surface area contributed by atoms with Gasteiger partial charge >= 0.3 is 0 Å². The molecule has 0 radical (unpaired) electrons. The van der Waals surface area contributed by atoms with E-state index < -0.39 is 0 Å². The molecule has 0 aliphatic rings. The van der Waals surface area contributed by atoms with Crippen molar-refractivity contribution in [1.29, 1.82) is 0 Å². The van der Waals surface area contributed by atoms with Crippen molar-refractivity contribution < 1.29 is 9.50 Å². The number of rotatable bonds is 4. The zero-order chi connectivity index (χ0) is 14.7. The number of nitrogens with one attached hydrogen (secondary N) is 1. The van der Waals surface area contributed by atoms with Gasteiger partial charge in [0, 0.05) is 0 Å². The predicted octanol–water partition coefficient (Wildman–Crippen LogP) is 3.90. The predicted molar refractivity (Wildman–Crippen MR) is 80.5 cm³/mol. The van der Waals surface area contributed by atoms with E-state index in [4.69, 9.17) is 0 Å². The summed E-state index contributed by atoms with van der Waals surface area (Å²) in [5.41, 5.74) is 4.83. The van der Waals surface area contributed by atoms with E-state index in [0.29, 0.717) is 5.69 Å². The summed E-state index contributed by atoms with van der Waals surface area (Å²) in [6.45, 7) is 5.99. The zero-order valence-electron chi connectivity index (χ0n) is 12.1. The monoisotopic (exact) mass is 273 g/mol. The Balaban J connectivity index is 2.37. The van der Waals surface area contributed by atoms with Crippen LogP contribution in [-0.2, 0) is 0 Å². The Bertz CT molecular complexity index is 587. The molecule has 0 heterocycles. The van der Waals surface area contributed by atoms with E-state index in [1.165, 1.54) is 11.6 Å².